The van der Waals surface area contributed by atoms with Gasteiger partial charge in [0.15, 0.2) is 0 Å². The molecular weight excluding hydrogens is 1740 g/mol. The molecule has 0 saturated heterocycles. The van der Waals surface area contributed by atoms with E-state index in [9.17, 15) is 54.8 Å². The molecule has 0 aliphatic heterocycles. The molecule has 1 radical (unpaired) electrons. The predicted molar refractivity (Wildman–Crippen MR) is 362 cm³/mol. The number of nitrogen functional groups attached to an aromatic ring is 2. The number of carbonyl (C=O) groups excluding carboxylic acids is 3. The zero-order valence-electron chi connectivity index (χ0n) is 51.1. The van der Waals surface area contributed by atoms with Crippen molar-refractivity contribution in [2.45, 2.75) is 90.0 Å². The predicted octanol–water partition coefficient (Wildman–Crippen LogP) is 14.9. The molecule has 0 aliphatic carbocycles. The first-order valence-corrected chi connectivity index (χ1v) is 30.7. The number of hydrogen-bond acceptors (Lipinski definition) is 24. The van der Waals surface area contributed by atoms with Crippen LogP contribution in [0.15, 0.2) is 113 Å². The number of aromatic nitrogens is 7. The van der Waals surface area contributed by atoms with Crippen LogP contribution in [0.3, 0.4) is 0 Å². The van der Waals surface area contributed by atoms with Crippen LogP contribution in [0, 0.1) is 84.4 Å². The van der Waals surface area contributed by atoms with Crippen LogP contribution < -0.4 is 22.1 Å². The molecule has 7 aromatic heterocycles. The summed E-state index contributed by atoms with van der Waals surface area (Å²) in [6.45, 7) is 23.9. The number of anilines is 4. The molecule has 7 heterocycles. The van der Waals surface area contributed by atoms with E-state index in [2.05, 4.69) is 157 Å². The molecule has 30 nitrogen and oxygen atoms in total. The molecule has 7 rings (SSSR count). The van der Waals surface area contributed by atoms with Gasteiger partial charge in [0.2, 0.25) is 48.1 Å². The van der Waals surface area contributed by atoms with E-state index < -0.39 is 65.2 Å². The van der Waals surface area contributed by atoms with Crippen molar-refractivity contribution in [1.82, 2.24) is 34.9 Å². The number of nitrogens with two attached hydrogens (primary N) is 2. The van der Waals surface area contributed by atoms with Gasteiger partial charge in [-0.25, -0.2) is 15.0 Å². The Balaban J connectivity index is -0.000000998. The molecular formula is C54H62Br6ClCu2N15O15. The fourth-order valence-electron chi connectivity index (χ4n) is 4.77. The Kier molecular flexibility index (Phi) is 42.1. The van der Waals surface area contributed by atoms with Crippen LogP contribution in [-0.4, -0.2) is 87.0 Å². The molecule has 0 aromatic carbocycles. The van der Waals surface area contributed by atoms with E-state index in [-0.39, 0.29) is 49.8 Å². The topological polar surface area (TPSA) is 468 Å². The summed E-state index contributed by atoms with van der Waals surface area (Å²) in [6.07, 6.45) is 1.25. The third kappa shape index (κ3) is 36.5. The third-order valence-corrected chi connectivity index (χ3v) is 13.3. The van der Waals surface area contributed by atoms with Crippen molar-refractivity contribution in [2.75, 3.05) is 22.1 Å². The second-order valence-corrected chi connectivity index (χ2v) is 26.0. The summed E-state index contributed by atoms with van der Waals surface area (Å²) < 4.78 is 10.6. The van der Waals surface area contributed by atoms with E-state index in [1.54, 1.807) is 45.9 Å². The van der Waals surface area contributed by atoms with Crippen LogP contribution in [0.2, 0.25) is 0 Å². The Bertz CT molecular complexity index is 3570. The minimum atomic E-state index is -0.759. The molecule has 0 spiro atoms. The van der Waals surface area contributed by atoms with E-state index >= 15 is 0 Å². The van der Waals surface area contributed by atoms with E-state index in [0.717, 1.165) is 25.9 Å². The number of nitrogens with one attached hydrogen (secondary N) is 2. The number of nitro groups is 4. The molecule has 2 amide bonds. The van der Waals surface area contributed by atoms with Crippen LogP contribution >= 0.6 is 107 Å². The number of pyridine rings is 7. The fourth-order valence-corrected chi connectivity index (χ4v) is 7.10. The van der Waals surface area contributed by atoms with E-state index in [4.69, 9.17) is 42.2 Å². The monoisotopic (exact) mass is 1790 g/mol. The van der Waals surface area contributed by atoms with Crippen LogP contribution in [0.25, 0.3) is 0 Å². The van der Waals surface area contributed by atoms with Crippen molar-refractivity contribution in [1.29, 1.82) is 0 Å². The summed E-state index contributed by atoms with van der Waals surface area (Å²) in [4.78, 5) is 97.8. The number of nitrogens with zero attached hydrogens (tertiary/aromatic N) is 11. The maximum atomic E-state index is 11.7. The van der Waals surface area contributed by atoms with E-state index in [1.807, 2.05) is 92.6 Å². The number of rotatable bonds is 6. The van der Waals surface area contributed by atoms with Gasteiger partial charge in [0.05, 0.1) is 4.47 Å². The zero-order chi connectivity index (χ0) is 71.9. The number of carbonyl (C=O) groups is 3. The van der Waals surface area contributed by atoms with Crippen molar-refractivity contribution in [2.24, 2.45) is 16.2 Å². The van der Waals surface area contributed by atoms with Crippen LogP contribution in [0.5, 0.6) is 17.2 Å². The quantitative estimate of drug-likeness (QED) is 0.0267. The van der Waals surface area contributed by atoms with Gasteiger partial charge in [0.1, 0.15) is 38.7 Å². The van der Waals surface area contributed by atoms with Crippen molar-refractivity contribution in [3.05, 3.63) is 175 Å². The molecule has 0 bridgehead atoms. The molecule has 7 aromatic rings. The summed E-state index contributed by atoms with van der Waals surface area (Å²) in [5.74, 6) is -0.986. The first kappa shape index (κ1) is 90.5. The minimum absolute atomic E-state index is 0. The molecule has 0 fully saturated rings. The van der Waals surface area contributed by atoms with Gasteiger partial charge in [-0.2, -0.15) is 0 Å². The van der Waals surface area contributed by atoms with Gasteiger partial charge < -0.3 is 77.9 Å². The Hall–Kier alpha value is -6.73. The van der Waals surface area contributed by atoms with Gasteiger partial charge in [-0.05, 0) is 192 Å². The summed E-state index contributed by atoms with van der Waals surface area (Å²) in [5, 5.41) is 72.8. The molecule has 514 valence electrons. The van der Waals surface area contributed by atoms with E-state index in [1.165, 1.54) is 36.5 Å². The Morgan fingerprint density at radius 1 is 0.495 bits per heavy atom. The third-order valence-electron chi connectivity index (χ3n) is 9.91. The molecule has 0 atom stereocenters. The Labute approximate surface area is 607 Å². The summed E-state index contributed by atoms with van der Waals surface area (Å²) >= 11 is 26.4. The average molecular weight is 1800 g/mol. The summed E-state index contributed by atoms with van der Waals surface area (Å²) in [5.41, 5.74) is 13.3. The second-order valence-electron chi connectivity index (χ2n) is 20.7. The molecule has 93 heavy (non-hydrogen) atoms. The van der Waals surface area contributed by atoms with Gasteiger partial charge in [-0.1, -0.05) is 80.5 Å². The number of aromatic hydroxyl groups is 3. The number of amides is 2. The van der Waals surface area contributed by atoms with Crippen molar-refractivity contribution >= 4 is 171 Å². The fraction of sp³-hybridized carbons (Fsp3) is 0.296. The van der Waals surface area contributed by atoms with Gasteiger partial charge >= 0.3 is 43.1 Å². The standard InChI is InChI=1S/C11H15BrN2O.C11H17N3O.C6H5BrN2O2.C6H7BrN2.C5H2Br2N2O3.C5H3BrN2O3.C5H9ClO.C5H4N2O3.2Cu.O/c2*1-7-5-6-8(12)13-9(7)14-10(15)11(2,3)4;1-4-2-3-5(7)8-6(4)9(10)11;1-4-2-3-5(7)9-6(4)8;6-2-1-3(7)8-5(4(2)10)9(11)12;6-4-2-1-3(9)5(7-4)8(10)11;1-5(2,3)4(6)7;8-4-2-1-3-6-5(4)7(9)10;;;/h5-6H,1-4H3,(H,13,14,15);5-6H,1-4H3,(H3,12,13,14,15);2-3H,1H3;2-3H,1H3,(H2,8,9);1,10H;1-2,9H;1-3H3;1-3,8H;;;. The molecule has 0 saturated carbocycles. The van der Waals surface area contributed by atoms with Gasteiger partial charge in [0, 0.05) is 98.8 Å². The average Bonchev–Trinajstić information content (AvgIpc) is 1.08. The van der Waals surface area contributed by atoms with Crippen LogP contribution in [0.4, 0.5) is 46.5 Å². The first-order chi connectivity index (χ1) is 42.2. The zero-order valence-corrected chi connectivity index (χ0v) is 63.3. The molecule has 0 unspecified atom stereocenters. The van der Waals surface area contributed by atoms with Crippen LogP contribution in [-0.2, 0) is 51.2 Å². The Morgan fingerprint density at radius 3 is 1.22 bits per heavy atom. The number of aryl methyl sites for hydroxylation is 4. The maximum absolute atomic E-state index is 11.7. The van der Waals surface area contributed by atoms with Gasteiger partial charge in [-0.3, -0.25) is 14.4 Å². The van der Waals surface area contributed by atoms with Crippen LogP contribution in [0.1, 0.15) is 84.6 Å². The van der Waals surface area contributed by atoms with Crippen molar-refractivity contribution in [3.63, 3.8) is 0 Å². The Morgan fingerprint density at radius 2 is 0.849 bits per heavy atom. The SMILES string of the molecule is CC(C)(C)C(=O)Cl.Cc1ccc(Br)nc1N.Cc1ccc(Br)nc1NC(=O)C(C)(C)C.Cc1ccc(Br)nc1[N+](=O)[O-].Cc1ccc(N)nc1NC(=O)C(C)(C)C.O=[N+]([O-])c1nc(Br)cc(Br)c1O.O=[N+]([O-])c1nc(Br)ccc1O.O=[N+]([O-])c1ncccc1O.[Cu].[O]=[Cu]. The molecule has 0 aliphatic rings. The first-order valence-electron chi connectivity index (χ1n) is 25.2. The van der Waals surface area contributed by atoms with E-state index in [0.29, 0.717) is 42.6 Å². The van der Waals surface area contributed by atoms with Gasteiger partial charge in [0.25, 0.3) is 0 Å². The molecule has 9 N–H and O–H groups in total. The summed E-state index contributed by atoms with van der Waals surface area (Å²) in [6, 6.07) is 21.1. The van der Waals surface area contributed by atoms with Crippen molar-refractivity contribution < 1.29 is 86.2 Å². The molecule has 39 heteroatoms. The second kappa shape index (κ2) is 43.3. The number of halogens is 7. The number of hydrogen-bond donors (Lipinski definition) is 7. The summed E-state index contributed by atoms with van der Waals surface area (Å²) in [7, 11) is 0. The van der Waals surface area contributed by atoms with Gasteiger partial charge in [-0.15, -0.1) is 0 Å². The normalized spacial score (nSPS) is 10.0. The van der Waals surface area contributed by atoms with Crippen molar-refractivity contribution in [3.8, 4) is 17.2 Å².